The molecule has 1 aliphatic heterocycles. The van der Waals surface area contributed by atoms with Gasteiger partial charge in [-0.05, 0) is 49.1 Å². The van der Waals surface area contributed by atoms with E-state index in [1.807, 2.05) is 84.7 Å². The van der Waals surface area contributed by atoms with Crippen LogP contribution in [0.2, 0.25) is 0 Å². The number of rotatable bonds is 7. The Morgan fingerprint density at radius 1 is 0.921 bits per heavy atom. The summed E-state index contributed by atoms with van der Waals surface area (Å²) in [7, 11) is 1.84. The van der Waals surface area contributed by atoms with Crippen molar-refractivity contribution in [2.45, 2.75) is 26.0 Å². The SMILES string of the molecule is Cn1nc(-c2ccccc2)cc1C(=O)N1CCC(Cn2c(COc3ccccc3)nc3ccccc32)CC1. The summed E-state index contributed by atoms with van der Waals surface area (Å²) in [5.74, 6) is 2.27. The van der Waals surface area contributed by atoms with Crippen LogP contribution in [0.1, 0.15) is 29.2 Å². The van der Waals surface area contributed by atoms with Crippen molar-refractivity contribution < 1.29 is 9.53 Å². The predicted octanol–water partition coefficient (Wildman–Crippen LogP) is 5.57. The molecule has 3 aromatic carbocycles. The standard InChI is InChI=1S/C31H31N5O2/c1-34-29(20-27(33-34)24-10-4-2-5-11-24)31(37)35-18-16-23(17-19-35)21-36-28-15-9-8-14-26(28)32-30(36)22-38-25-12-6-3-7-13-25/h2-15,20,23H,16-19,21-22H2,1H3. The number of carbonyl (C=O) groups excluding carboxylic acids is 1. The molecule has 1 aliphatic rings. The second-order valence-corrected chi connectivity index (χ2v) is 9.87. The van der Waals surface area contributed by atoms with E-state index in [2.05, 4.69) is 27.9 Å². The molecule has 0 atom stereocenters. The molecule has 0 radical (unpaired) electrons. The number of nitrogens with zero attached hydrogens (tertiary/aromatic N) is 5. The summed E-state index contributed by atoms with van der Waals surface area (Å²) < 4.78 is 10.1. The first kappa shape index (κ1) is 24.0. The minimum atomic E-state index is 0.0469. The molecule has 1 fully saturated rings. The molecule has 0 saturated carbocycles. The fraction of sp³-hybridized carbons (Fsp3) is 0.258. The third-order valence-corrected chi connectivity index (χ3v) is 7.36. The van der Waals surface area contributed by atoms with Gasteiger partial charge in [0.15, 0.2) is 0 Å². The Hall–Kier alpha value is -4.39. The monoisotopic (exact) mass is 505 g/mol. The minimum Gasteiger partial charge on any atom is -0.486 e. The Morgan fingerprint density at radius 2 is 1.61 bits per heavy atom. The first-order chi connectivity index (χ1) is 18.7. The van der Waals surface area contributed by atoms with Crippen LogP contribution in [0.15, 0.2) is 91.0 Å². The molecule has 6 rings (SSSR count). The quantitative estimate of drug-likeness (QED) is 0.290. The van der Waals surface area contributed by atoms with Gasteiger partial charge in [-0.15, -0.1) is 0 Å². The van der Waals surface area contributed by atoms with E-state index < -0.39 is 0 Å². The summed E-state index contributed by atoms with van der Waals surface area (Å²) in [5, 5.41) is 4.59. The average Bonchev–Trinajstić information content (AvgIpc) is 3.53. The van der Waals surface area contributed by atoms with Gasteiger partial charge in [0, 0.05) is 32.2 Å². The maximum Gasteiger partial charge on any atom is 0.272 e. The predicted molar refractivity (Wildman–Crippen MR) is 148 cm³/mol. The highest BCUT2D eigenvalue weighted by atomic mass is 16.5. The van der Waals surface area contributed by atoms with Gasteiger partial charge in [0.05, 0.1) is 16.7 Å². The summed E-state index contributed by atoms with van der Waals surface area (Å²) in [6, 6.07) is 30.0. The molecule has 38 heavy (non-hydrogen) atoms. The van der Waals surface area contributed by atoms with Crippen LogP contribution in [0.25, 0.3) is 22.3 Å². The lowest BCUT2D eigenvalue weighted by Gasteiger charge is -2.32. The van der Waals surface area contributed by atoms with Gasteiger partial charge in [-0.2, -0.15) is 5.10 Å². The van der Waals surface area contributed by atoms with Crippen LogP contribution < -0.4 is 4.74 Å². The molecule has 1 saturated heterocycles. The van der Waals surface area contributed by atoms with E-state index >= 15 is 0 Å². The van der Waals surface area contributed by atoms with E-state index in [1.165, 1.54) is 0 Å². The van der Waals surface area contributed by atoms with Crippen molar-refractivity contribution in [1.29, 1.82) is 0 Å². The molecule has 5 aromatic rings. The second-order valence-electron chi connectivity index (χ2n) is 9.87. The van der Waals surface area contributed by atoms with Gasteiger partial charge in [0.1, 0.15) is 23.9 Å². The molecule has 0 bridgehead atoms. The number of carbonyl (C=O) groups is 1. The average molecular weight is 506 g/mol. The highest BCUT2D eigenvalue weighted by Crippen LogP contribution is 2.26. The second kappa shape index (κ2) is 10.5. The van der Waals surface area contributed by atoms with Gasteiger partial charge < -0.3 is 14.2 Å². The summed E-state index contributed by atoms with van der Waals surface area (Å²) in [4.78, 5) is 20.2. The van der Waals surface area contributed by atoms with Gasteiger partial charge >= 0.3 is 0 Å². The number of benzene rings is 3. The number of likely N-dealkylation sites (tertiary alicyclic amines) is 1. The number of piperidine rings is 1. The van der Waals surface area contributed by atoms with Crippen molar-refractivity contribution >= 4 is 16.9 Å². The fourth-order valence-corrected chi connectivity index (χ4v) is 5.26. The van der Waals surface area contributed by atoms with Gasteiger partial charge in [0.2, 0.25) is 0 Å². The molecule has 7 heteroatoms. The highest BCUT2D eigenvalue weighted by Gasteiger charge is 2.27. The van der Waals surface area contributed by atoms with E-state index in [-0.39, 0.29) is 5.91 Å². The normalized spacial score (nSPS) is 14.2. The number of hydrogen-bond acceptors (Lipinski definition) is 4. The van der Waals surface area contributed by atoms with Crippen molar-refractivity contribution in [3.05, 3.63) is 103 Å². The molecule has 0 aliphatic carbocycles. The Balaban J connectivity index is 1.13. The molecule has 2 aromatic heterocycles. The number of aryl methyl sites for hydroxylation is 1. The number of fused-ring (bicyclic) bond motifs is 1. The molecule has 0 N–H and O–H groups in total. The number of amides is 1. The van der Waals surface area contributed by atoms with Crippen molar-refractivity contribution in [3.8, 4) is 17.0 Å². The fourth-order valence-electron chi connectivity index (χ4n) is 5.26. The lowest BCUT2D eigenvalue weighted by molar-refractivity contribution is 0.0671. The van der Waals surface area contributed by atoms with Crippen LogP contribution in [0.4, 0.5) is 0 Å². The molecule has 1 amide bonds. The maximum absolute atomic E-state index is 13.4. The lowest BCUT2D eigenvalue weighted by Crippen LogP contribution is -2.40. The van der Waals surface area contributed by atoms with Crippen molar-refractivity contribution in [2.75, 3.05) is 13.1 Å². The lowest BCUT2D eigenvalue weighted by atomic mass is 9.96. The van der Waals surface area contributed by atoms with Gasteiger partial charge in [-0.25, -0.2) is 4.98 Å². The van der Waals surface area contributed by atoms with Gasteiger partial charge in [-0.3, -0.25) is 9.48 Å². The van der Waals surface area contributed by atoms with Crippen LogP contribution in [-0.2, 0) is 20.2 Å². The third kappa shape index (κ3) is 4.92. The highest BCUT2D eigenvalue weighted by molar-refractivity contribution is 5.93. The number of aromatic nitrogens is 4. The first-order valence-electron chi connectivity index (χ1n) is 13.2. The first-order valence-corrected chi connectivity index (χ1v) is 13.2. The van der Waals surface area contributed by atoms with Gasteiger partial charge in [-0.1, -0.05) is 60.7 Å². The number of imidazole rings is 1. The molecular weight excluding hydrogens is 474 g/mol. The van der Waals surface area contributed by atoms with Crippen LogP contribution in [-0.4, -0.2) is 43.2 Å². The van der Waals surface area contributed by atoms with E-state index in [1.54, 1.807) is 4.68 Å². The van der Waals surface area contributed by atoms with E-state index in [0.29, 0.717) is 18.2 Å². The Kier molecular flexibility index (Phi) is 6.65. The third-order valence-electron chi connectivity index (χ3n) is 7.36. The van der Waals surface area contributed by atoms with Crippen LogP contribution >= 0.6 is 0 Å². The van der Waals surface area contributed by atoms with E-state index in [0.717, 1.165) is 66.3 Å². The number of ether oxygens (including phenoxy) is 1. The van der Waals surface area contributed by atoms with Crippen LogP contribution in [0.5, 0.6) is 5.75 Å². The molecule has 7 nitrogen and oxygen atoms in total. The van der Waals surface area contributed by atoms with Gasteiger partial charge in [0.25, 0.3) is 5.91 Å². The zero-order valence-electron chi connectivity index (χ0n) is 21.5. The number of para-hydroxylation sites is 3. The van der Waals surface area contributed by atoms with Crippen molar-refractivity contribution in [1.82, 2.24) is 24.2 Å². The molecular formula is C31H31N5O2. The van der Waals surface area contributed by atoms with E-state index in [4.69, 9.17) is 9.72 Å². The van der Waals surface area contributed by atoms with Crippen LogP contribution in [0.3, 0.4) is 0 Å². The maximum atomic E-state index is 13.4. The summed E-state index contributed by atoms with van der Waals surface area (Å²) >= 11 is 0. The zero-order valence-corrected chi connectivity index (χ0v) is 21.5. The minimum absolute atomic E-state index is 0.0469. The Bertz CT molecular complexity index is 1530. The van der Waals surface area contributed by atoms with Crippen LogP contribution in [0, 0.1) is 5.92 Å². The van der Waals surface area contributed by atoms with Crippen molar-refractivity contribution in [2.24, 2.45) is 13.0 Å². The Labute approximate surface area is 222 Å². The summed E-state index contributed by atoms with van der Waals surface area (Å²) in [5.41, 5.74) is 4.57. The smallest absolute Gasteiger partial charge is 0.272 e. The molecule has 0 spiro atoms. The molecule has 3 heterocycles. The molecule has 192 valence electrons. The number of hydrogen-bond donors (Lipinski definition) is 0. The largest absolute Gasteiger partial charge is 0.486 e. The van der Waals surface area contributed by atoms with E-state index in [9.17, 15) is 4.79 Å². The zero-order chi connectivity index (χ0) is 25.9. The summed E-state index contributed by atoms with van der Waals surface area (Å²) in [6.45, 7) is 2.75. The van der Waals surface area contributed by atoms with Crippen molar-refractivity contribution in [3.63, 3.8) is 0 Å². The topological polar surface area (TPSA) is 65.2 Å². The summed E-state index contributed by atoms with van der Waals surface area (Å²) in [6.07, 6.45) is 1.89. The Morgan fingerprint density at radius 3 is 2.37 bits per heavy atom. The molecule has 0 unspecified atom stereocenters.